The molecular weight excluding hydrogens is 363 g/mol. The van der Waals surface area contributed by atoms with Gasteiger partial charge in [-0.25, -0.2) is 0 Å². The predicted octanol–water partition coefficient (Wildman–Crippen LogP) is 6.18. The second-order valence-electron chi connectivity index (χ2n) is 9.88. The molecule has 3 rings (SSSR count). The van der Waals surface area contributed by atoms with Crippen LogP contribution in [0.1, 0.15) is 104 Å². The third-order valence-corrected chi connectivity index (χ3v) is 7.47. The number of carbonyl (C=O) groups excluding carboxylic acids is 1. The lowest BCUT2D eigenvalue weighted by atomic mass is 9.62. The smallest absolute Gasteiger partial charge is 0.460 e. The van der Waals surface area contributed by atoms with Crippen molar-refractivity contribution in [3.05, 3.63) is 0 Å². The first-order valence-electron chi connectivity index (χ1n) is 12.6. The number of esters is 1. The van der Waals surface area contributed by atoms with Gasteiger partial charge in [0.05, 0.1) is 5.92 Å². The van der Waals surface area contributed by atoms with Gasteiger partial charge in [0.15, 0.2) is 0 Å². The van der Waals surface area contributed by atoms with Crippen LogP contribution in [0.3, 0.4) is 0 Å². The Bertz CT molecular complexity index is 462. The molecule has 2 saturated carbocycles. The second-order valence-corrected chi connectivity index (χ2v) is 9.88. The molecule has 1 aliphatic heterocycles. The molecule has 166 valence electrons. The fraction of sp³-hybridized carbons (Fsp3) is 0.958. The van der Waals surface area contributed by atoms with E-state index in [0.717, 1.165) is 57.7 Å². The van der Waals surface area contributed by atoms with Crippen molar-refractivity contribution in [3.63, 3.8) is 0 Å². The Hall–Kier alpha value is -0.545. The Morgan fingerprint density at radius 2 is 1.52 bits per heavy atom. The molecule has 0 aromatic carbocycles. The van der Waals surface area contributed by atoms with Gasteiger partial charge in [0, 0.05) is 19.1 Å². The third kappa shape index (κ3) is 7.27. The molecule has 0 spiro atoms. The minimum absolute atomic E-state index is 0.0526. The zero-order valence-electron chi connectivity index (χ0n) is 18.9. The fourth-order valence-electron chi connectivity index (χ4n) is 5.51. The van der Waals surface area contributed by atoms with Gasteiger partial charge >= 0.3 is 13.1 Å². The summed E-state index contributed by atoms with van der Waals surface area (Å²) in [6, 6.07) is 0. The second kappa shape index (κ2) is 12.3. The number of hydrogen-bond donors (Lipinski definition) is 0. The van der Waals surface area contributed by atoms with Gasteiger partial charge in [-0.05, 0) is 56.7 Å². The van der Waals surface area contributed by atoms with Gasteiger partial charge in [-0.1, -0.05) is 58.8 Å². The summed E-state index contributed by atoms with van der Waals surface area (Å²) in [6.07, 6.45) is 16.3. The van der Waals surface area contributed by atoms with Crippen LogP contribution in [0.5, 0.6) is 0 Å². The first-order valence-corrected chi connectivity index (χ1v) is 12.6. The molecule has 0 aromatic heterocycles. The number of carbonyl (C=O) groups is 1. The summed E-state index contributed by atoms with van der Waals surface area (Å²) in [4.78, 5) is 12.6. The maximum absolute atomic E-state index is 12.6. The lowest BCUT2D eigenvalue weighted by Gasteiger charge is -2.35. The van der Waals surface area contributed by atoms with Crippen LogP contribution in [0.25, 0.3) is 0 Å². The van der Waals surface area contributed by atoms with Crippen molar-refractivity contribution in [1.29, 1.82) is 0 Å². The van der Waals surface area contributed by atoms with Crippen molar-refractivity contribution < 1.29 is 18.8 Å². The van der Waals surface area contributed by atoms with Crippen LogP contribution in [-0.2, 0) is 18.8 Å². The van der Waals surface area contributed by atoms with Gasteiger partial charge in [-0.2, -0.15) is 0 Å². The lowest BCUT2D eigenvalue weighted by molar-refractivity contribution is -0.157. The maximum Gasteiger partial charge on any atom is 0.460 e. The van der Waals surface area contributed by atoms with E-state index in [1.807, 2.05) is 0 Å². The minimum atomic E-state index is -0.0526. The highest BCUT2D eigenvalue weighted by Crippen LogP contribution is 2.38. The highest BCUT2D eigenvalue weighted by Gasteiger charge is 2.39. The molecule has 4 nitrogen and oxygen atoms in total. The Kier molecular flexibility index (Phi) is 9.84. The Morgan fingerprint density at radius 3 is 2.14 bits per heavy atom. The number of ether oxygens (including phenoxy) is 1. The van der Waals surface area contributed by atoms with Crippen LogP contribution in [-0.4, -0.2) is 32.4 Å². The number of hydrogen-bond acceptors (Lipinski definition) is 4. The molecule has 3 aliphatic rings. The predicted molar refractivity (Wildman–Crippen MR) is 118 cm³/mol. The van der Waals surface area contributed by atoms with Gasteiger partial charge in [0.2, 0.25) is 0 Å². The highest BCUT2D eigenvalue weighted by molar-refractivity contribution is 6.46. The van der Waals surface area contributed by atoms with E-state index < -0.39 is 0 Å². The molecule has 2 aliphatic carbocycles. The molecule has 3 fully saturated rings. The third-order valence-electron chi connectivity index (χ3n) is 7.47. The molecule has 0 radical (unpaired) electrons. The van der Waals surface area contributed by atoms with Gasteiger partial charge in [-0.15, -0.1) is 0 Å². The van der Waals surface area contributed by atoms with Crippen molar-refractivity contribution in [2.24, 2.45) is 17.8 Å². The van der Waals surface area contributed by atoms with Gasteiger partial charge in [-0.3, -0.25) is 4.79 Å². The summed E-state index contributed by atoms with van der Waals surface area (Å²) in [6.45, 7) is 6.19. The zero-order valence-corrected chi connectivity index (χ0v) is 18.9. The molecular formula is C24H43BO4. The summed E-state index contributed by atoms with van der Waals surface area (Å²) < 4.78 is 18.0. The summed E-state index contributed by atoms with van der Waals surface area (Å²) in [5.41, 5.74) is 0. The van der Waals surface area contributed by atoms with E-state index in [1.54, 1.807) is 0 Å². The summed E-state index contributed by atoms with van der Waals surface area (Å²) in [7, 11) is -0.0526. The Morgan fingerprint density at radius 1 is 0.828 bits per heavy atom. The van der Waals surface area contributed by atoms with Crippen molar-refractivity contribution >= 4 is 13.1 Å². The first-order chi connectivity index (χ1) is 14.2. The molecule has 1 saturated heterocycles. The van der Waals surface area contributed by atoms with Crippen LogP contribution < -0.4 is 0 Å². The van der Waals surface area contributed by atoms with Crippen LogP contribution in [0.15, 0.2) is 0 Å². The molecule has 0 unspecified atom stereocenters. The zero-order chi connectivity index (χ0) is 20.5. The molecule has 5 heteroatoms. The Labute approximate surface area is 179 Å². The quantitative estimate of drug-likeness (QED) is 0.261. The maximum atomic E-state index is 12.6. The molecule has 0 N–H and O–H groups in total. The van der Waals surface area contributed by atoms with Crippen molar-refractivity contribution in [2.75, 3.05) is 13.2 Å². The molecule has 29 heavy (non-hydrogen) atoms. The molecule has 0 aromatic rings. The highest BCUT2D eigenvalue weighted by atomic mass is 16.6. The summed E-state index contributed by atoms with van der Waals surface area (Å²) >= 11 is 0. The SMILES string of the molecule is CCCCCC1COB(C2CCC(C(=O)OC3CCC(CCC)CC3)CC2)OC1. The van der Waals surface area contributed by atoms with Crippen LogP contribution in [0.2, 0.25) is 5.82 Å². The van der Waals surface area contributed by atoms with Gasteiger partial charge < -0.3 is 14.0 Å². The standard InChI is InChI=1S/C24H43BO4/c1-3-5-6-8-20-17-27-25(28-18-20)22-13-11-21(12-14-22)24(26)29-23-15-9-19(7-4-2)10-16-23/h19-23H,3-18H2,1-2H3. The monoisotopic (exact) mass is 406 g/mol. The normalized spacial score (nSPS) is 31.6. The number of rotatable bonds is 9. The average molecular weight is 406 g/mol. The topological polar surface area (TPSA) is 44.8 Å². The Balaban J connectivity index is 1.31. The van der Waals surface area contributed by atoms with E-state index in [-0.39, 0.29) is 25.1 Å². The fourth-order valence-corrected chi connectivity index (χ4v) is 5.51. The van der Waals surface area contributed by atoms with Crippen LogP contribution in [0.4, 0.5) is 0 Å². The van der Waals surface area contributed by atoms with Crippen molar-refractivity contribution in [1.82, 2.24) is 0 Å². The van der Waals surface area contributed by atoms with E-state index in [4.69, 9.17) is 14.0 Å². The van der Waals surface area contributed by atoms with Gasteiger partial charge in [0.1, 0.15) is 6.10 Å². The van der Waals surface area contributed by atoms with Crippen molar-refractivity contribution in [3.8, 4) is 0 Å². The largest absolute Gasteiger partial charge is 0.462 e. The van der Waals surface area contributed by atoms with E-state index in [0.29, 0.717) is 11.7 Å². The van der Waals surface area contributed by atoms with E-state index in [1.165, 1.54) is 51.4 Å². The molecule has 0 atom stereocenters. The van der Waals surface area contributed by atoms with E-state index >= 15 is 0 Å². The minimum Gasteiger partial charge on any atom is -0.462 e. The van der Waals surface area contributed by atoms with Crippen LogP contribution >= 0.6 is 0 Å². The molecule has 0 bridgehead atoms. The molecule has 1 heterocycles. The van der Waals surface area contributed by atoms with Crippen LogP contribution in [0, 0.1) is 17.8 Å². The van der Waals surface area contributed by atoms with E-state index in [9.17, 15) is 4.79 Å². The summed E-state index contributed by atoms with van der Waals surface area (Å²) in [5, 5.41) is 0. The van der Waals surface area contributed by atoms with E-state index in [2.05, 4.69) is 13.8 Å². The molecule has 0 amide bonds. The summed E-state index contributed by atoms with van der Waals surface area (Å²) in [5.74, 6) is 2.01. The number of unbranched alkanes of at least 4 members (excludes halogenated alkanes) is 2. The first kappa shape index (κ1) is 23.1. The lowest BCUT2D eigenvalue weighted by Crippen LogP contribution is -2.40. The average Bonchev–Trinajstić information content (AvgIpc) is 2.76. The van der Waals surface area contributed by atoms with Crippen molar-refractivity contribution in [2.45, 2.75) is 116 Å². The van der Waals surface area contributed by atoms with Gasteiger partial charge in [0.25, 0.3) is 0 Å².